The summed E-state index contributed by atoms with van der Waals surface area (Å²) in [6.07, 6.45) is 0. The molecule has 0 saturated carbocycles. The fourth-order valence-corrected chi connectivity index (χ4v) is 10.9. The van der Waals surface area contributed by atoms with Gasteiger partial charge in [0.05, 0.1) is 0 Å². The first kappa shape index (κ1) is 12.7. The van der Waals surface area contributed by atoms with Gasteiger partial charge in [0.1, 0.15) is 0 Å². The average Bonchev–Trinajstić information content (AvgIpc) is 1.83. The summed E-state index contributed by atoms with van der Waals surface area (Å²) in [4.78, 5) is 0. The van der Waals surface area contributed by atoms with Gasteiger partial charge in [0, 0.05) is 25.9 Å². The zero-order valence-electron chi connectivity index (χ0n) is 9.07. The molecular weight excluding hydrogens is 192 g/mol. The van der Waals surface area contributed by atoms with E-state index in [1.54, 1.807) is 0 Å². The van der Waals surface area contributed by atoms with Crippen molar-refractivity contribution in [3.05, 3.63) is 0 Å². The second kappa shape index (κ2) is 5.40. The van der Waals surface area contributed by atoms with Crippen molar-refractivity contribution in [1.82, 2.24) is 0 Å². The third-order valence-electron chi connectivity index (χ3n) is 2.02. The summed E-state index contributed by atoms with van der Waals surface area (Å²) in [5.74, 6) is 1.76. The van der Waals surface area contributed by atoms with E-state index >= 15 is 0 Å². The predicted molar refractivity (Wildman–Crippen MR) is 62.4 cm³/mol. The van der Waals surface area contributed by atoms with Crippen molar-refractivity contribution in [3.63, 3.8) is 0 Å². The smallest absolute Gasteiger partial charge is 0.0355 e. The van der Waals surface area contributed by atoms with Crippen molar-refractivity contribution in [3.8, 4) is 0 Å². The van der Waals surface area contributed by atoms with Gasteiger partial charge in [-0.15, -0.1) is 0 Å². The Morgan fingerprint density at radius 3 is 1.58 bits per heavy atom. The minimum absolute atomic E-state index is 0.879. The maximum absolute atomic E-state index is 3.77. The van der Waals surface area contributed by atoms with E-state index in [1.165, 1.54) is 12.1 Å². The molecule has 0 nitrogen and oxygen atoms in total. The largest absolute Gasteiger partial charge is 0.0717 e. The van der Waals surface area contributed by atoms with Crippen LogP contribution in [-0.4, -0.2) is 25.9 Å². The molecule has 5 radical (unpaired) electrons. The van der Waals surface area contributed by atoms with Gasteiger partial charge in [-0.05, 0) is 11.8 Å². The van der Waals surface area contributed by atoms with E-state index in [4.69, 9.17) is 0 Å². The van der Waals surface area contributed by atoms with Gasteiger partial charge in [0.25, 0.3) is 0 Å². The summed E-state index contributed by atoms with van der Waals surface area (Å²) < 4.78 is 0. The lowest BCUT2D eigenvalue weighted by Crippen LogP contribution is -2.41. The summed E-state index contributed by atoms with van der Waals surface area (Å²) in [5, 5.41) is 0. The Hall–Kier alpha value is 0.651. The van der Waals surface area contributed by atoms with Crippen molar-refractivity contribution >= 4 is 25.9 Å². The van der Waals surface area contributed by atoms with Crippen LogP contribution >= 0.6 is 0 Å². The standard InChI is InChI=1S/C9H21Si3/c1-8(2)6-12(5,11-10)7-9(3)4/h8-9H,6-7H2,1-5H3. The molecular formula is C9H21Si3. The molecule has 0 aromatic rings. The van der Waals surface area contributed by atoms with Gasteiger partial charge < -0.3 is 0 Å². The average molecular weight is 214 g/mol. The number of rotatable bonds is 5. The van der Waals surface area contributed by atoms with Crippen LogP contribution in [0.4, 0.5) is 0 Å². The minimum Gasteiger partial charge on any atom is -0.0717 e. The molecule has 0 atom stereocenters. The van der Waals surface area contributed by atoms with E-state index < -0.39 is 7.59 Å². The van der Waals surface area contributed by atoms with Gasteiger partial charge in [0.2, 0.25) is 0 Å². The maximum Gasteiger partial charge on any atom is 0.0355 e. The van der Waals surface area contributed by atoms with E-state index in [2.05, 4.69) is 44.0 Å². The monoisotopic (exact) mass is 213 g/mol. The Morgan fingerprint density at radius 2 is 1.42 bits per heavy atom. The number of hydrogen-bond acceptors (Lipinski definition) is 0. The Kier molecular flexibility index (Phi) is 5.69. The van der Waals surface area contributed by atoms with Crippen LogP contribution in [0.15, 0.2) is 0 Å². The van der Waals surface area contributed by atoms with Crippen LogP contribution < -0.4 is 0 Å². The quantitative estimate of drug-likeness (QED) is 0.616. The Balaban J connectivity index is 4.04. The lowest BCUT2D eigenvalue weighted by Gasteiger charge is -2.29. The fourth-order valence-electron chi connectivity index (χ4n) is 1.99. The summed E-state index contributed by atoms with van der Waals surface area (Å²) in [6, 6.07) is 2.96. The molecule has 0 saturated heterocycles. The molecule has 0 aliphatic heterocycles. The number of hydrogen-bond donors (Lipinski definition) is 0. The minimum atomic E-state index is -0.908. The van der Waals surface area contributed by atoms with Crippen molar-refractivity contribution in [2.75, 3.05) is 0 Å². The van der Waals surface area contributed by atoms with Gasteiger partial charge in [-0.25, -0.2) is 0 Å². The van der Waals surface area contributed by atoms with Gasteiger partial charge in [-0.1, -0.05) is 46.3 Å². The molecule has 0 N–H and O–H groups in total. The summed E-state index contributed by atoms with van der Waals surface area (Å²) >= 11 is 0. The van der Waals surface area contributed by atoms with Crippen molar-refractivity contribution < 1.29 is 0 Å². The highest BCUT2D eigenvalue weighted by Gasteiger charge is 2.26. The fraction of sp³-hybridized carbons (Fsp3) is 1.00. The first-order valence-corrected chi connectivity index (χ1v) is 11.2. The molecule has 0 aliphatic carbocycles. The second-order valence-corrected chi connectivity index (χ2v) is 15.7. The molecule has 3 heteroatoms. The predicted octanol–water partition coefficient (Wildman–Crippen LogP) is 2.66. The van der Waals surface area contributed by atoms with E-state index in [-0.39, 0.29) is 0 Å². The Morgan fingerprint density at radius 1 is 1.08 bits per heavy atom. The highest BCUT2D eigenvalue weighted by atomic mass is 29.5. The SMILES string of the molecule is CC(C)C[Si](C)(CC(C)C)[Si][Si]. The van der Waals surface area contributed by atoms with Gasteiger partial charge in [-0.2, -0.15) is 0 Å². The molecule has 69 valence electrons. The normalized spacial score (nSPS) is 13.0. The molecule has 0 unspecified atom stereocenters. The van der Waals surface area contributed by atoms with E-state index in [0.717, 1.165) is 20.4 Å². The van der Waals surface area contributed by atoms with Gasteiger partial charge in [-0.3, -0.25) is 0 Å². The van der Waals surface area contributed by atoms with Gasteiger partial charge >= 0.3 is 0 Å². The van der Waals surface area contributed by atoms with Gasteiger partial charge in [0.15, 0.2) is 0 Å². The van der Waals surface area contributed by atoms with Crippen LogP contribution in [0.2, 0.25) is 18.6 Å². The van der Waals surface area contributed by atoms with Crippen molar-refractivity contribution in [1.29, 1.82) is 0 Å². The lowest BCUT2D eigenvalue weighted by molar-refractivity contribution is 0.688. The summed E-state index contributed by atoms with van der Waals surface area (Å²) in [7, 11) is 3.89. The van der Waals surface area contributed by atoms with Crippen LogP contribution in [0.25, 0.3) is 0 Å². The van der Waals surface area contributed by atoms with Crippen LogP contribution in [0.1, 0.15) is 27.7 Å². The molecule has 0 fully saturated rings. The van der Waals surface area contributed by atoms with E-state index in [0.29, 0.717) is 0 Å². The van der Waals surface area contributed by atoms with Crippen LogP contribution in [-0.2, 0) is 0 Å². The third-order valence-corrected chi connectivity index (χ3v) is 14.5. The Labute approximate surface area is 84.4 Å². The Bertz CT molecular complexity index is 111. The van der Waals surface area contributed by atoms with Crippen LogP contribution in [0, 0.1) is 11.8 Å². The molecule has 0 heterocycles. The first-order chi connectivity index (χ1) is 5.39. The topological polar surface area (TPSA) is 0 Å². The highest BCUT2D eigenvalue weighted by Crippen LogP contribution is 2.23. The highest BCUT2D eigenvalue weighted by molar-refractivity contribution is 7.39. The molecule has 0 aromatic carbocycles. The second-order valence-electron chi connectivity index (χ2n) is 4.88. The molecule has 0 bridgehead atoms. The van der Waals surface area contributed by atoms with E-state index in [9.17, 15) is 0 Å². The molecule has 12 heavy (non-hydrogen) atoms. The summed E-state index contributed by atoms with van der Waals surface area (Å²) in [5.41, 5.74) is 0. The van der Waals surface area contributed by atoms with Crippen LogP contribution in [0.5, 0.6) is 0 Å². The molecule has 0 aliphatic rings. The molecule has 0 spiro atoms. The molecule has 0 amide bonds. The first-order valence-electron chi connectivity index (χ1n) is 4.83. The van der Waals surface area contributed by atoms with Crippen molar-refractivity contribution in [2.24, 2.45) is 11.8 Å². The lowest BCUT2D eigenvalue weighted by atomic mass is 10.3. The zero-order valence-corrected chi connectivity index (χ0v) is 12.1. The molecule has 0 rings (SSSR count). The van der Waals surface area contributed by atoms with Crippen LogP contribution in [0.3, 0.4) is 0 Å². The molecule has 0 aromatic heterocycles. The van der Waals surface area contributed by atoms with Crippen molar-refractivity contribution in [2.45, 2.75) is 46.3 Å². The maximum atomic E-state index is 3.77. The summed E-state index contributed by atoms with van der Waals surface area (Å²) in [6.45, 7) is 11.9. The third kappa shape index (κ3) is 5.32. The zero-order chi connectivity index (χ0) is 9.78. The van der Waals surface area contributed by atoms with E-state index in [1.807, 2.05) is 0 Å².